The Morgan fingerprint density at radius 2 is 2.31 bits per heavy atom. The molecule has 0 saturated heterocycles. The molecule has 1 aromatic rings. The Morgan fingerprint density at radius 3 is 2.92 bits per heavy atom. The van der Waals surface area contributed by atoms with E-state index in [0.717, 1.165) is 13.0 Å². The fraction of sp³-hybridized carbons (Fsp3) is 0.667. The number of hydrogen-bond acceptors (Lipinski definition) is 3. The molecule has 74 valence electrons. The van der Waals surface area contributed by atoms with Crippen molar-refractivity contribution in [3.63, 3.8) is 0 Å². The molecule has 0 fully saturated rings. The number of hydrogen-bond donors (Lipinski definition) is 1. The number of aromatic nitrogens is 2. The van der Waals surface area contributed by atoms with E-state index < -0.39 is 0 Å². The van der Waals surface area contributed by atoms with Gasteiger partial charge in [0.1, 0.15) is 0 Å². The molecule has 0 atom stereocenters. The topological polar surface area (TPSA) is 43.8 Å². The highest BCUT2D eigenvalue weighted by Gasteiger charge is 1.95. The van der Waals surface area contributed by atoms with Crippen molar-refractivity contribution in [1.82, 2.24) is 9.78 Å². The summed E-state index contributed by atoms with van der Waals surface area (Å²) in [7, 11) is 1.94. The van der Waals surface area contributed by atoms with Crippen LogP contribution in [0.5, 0.6) is 0 Å². The van der Waals surface area contributed by atoms with E-state index in [2.05, 4.69) is 5.10 Å². The molecule has 1 aromatic heterocycles. The van der Waals surface area contributed by atoms with Gasteiger partial charge in [-0.2, -0.15) is 5.10 Å². The van der Waals surface area contributed by atoms with Crippen LogP contribution in [0.1, 0.15) is 19.3 Å². The average Bonchev–Trinajstić information content (AvgIpc) is 2.51. The van der Waals surface area contributed by atoms with Crippen molar-refractivity contribution in [3.05, 3.63) is 12.4 Å². The summed E-state index contributed by atoms with van der Waals surface area (Å²) < 4.78 is 1.84. The Kier molecular flexibility index (Phi) is 4.93. The van der Waals surface area contributed by atoms with Gasteiger partial charge in [0.05, 0.1) is 6.20 Å². The Bertz CT molecular complexity index is 235. The molecule has 4 heteroatoms. The van der Waals surface area contributed by atoms with Gasteiger partial charge in [-0.1, -0.05) is 6.42 Å². The maximum absolute atomic E-state index is 5.41. The van der Waals surface area contributed by atoms with Crippen LogP contribution in [0.2, 0.25) is 0 Å². The molecule has 1 rings (SSSR count). The molecule has 0 bridgehead atoms. The highest BCUT2D eigenvalue weighted by atomic mass is 32.2. The summed E-state index contributed by atoms with van der Waals surface area (Å²) in [6.07, 6.45) is 7.59. The predicted molar refractivity (Wildman–Crippen MR) is 56.8 cm³/mol. The zero-order chi connectivity index (χ0) is 9.52. The minimum atomic E-state index is 0.817. The van der Waals surface area contributed by atoms with Crippen molar-refractivity contribution < 1.29 is 0 Å². The molecule has 1 heterocycles. The van der Waals surface area contributed by atoms with E-state index in [0.29, 0.717) is 0 Å². The number of aryl methyl sites for hydroxylation is 1. The van der Waals surface area contributed by atoms with Gasteiger partial charge in [0.25, 0.3) is 0 Å². The molecule has 0 spiro atoms. The molecule has 0 saturated carbocycles. The number of rotatable bonds is 6. The van der Waals surface area contributed by atoms with Crippen LogP contribution < -0.4 is 5.73 Å². The lowest BCUT2D eigenvalue weighted by Gasteiger charge is -1.97. The molecular formula is C9H17N3S. The summed E-state index contributed by atoms with van der Waals surface area (Å²) in [5.41, 5.74) is 5.41. The zero-order valence-electron chi connectivity index (χ0n) is 8.07. The summed E-state index contributed by atoms with van der Waals surface area (Å²) in [5.74, 6) is 1.17. The van der Waals surface area contributed by atoms with Crippen molar-refractivity contribution in [3.8, 4) is 0 Å². The van der Waals surface area contributed by atoms with Crippen molar-refractivity contribution >= 4 is 11.8 Å². The number of unbranched alkanes of at least 4 members (excludes halogenated alkanes) is 2. The van der Waals surface area contributed by atoms with Gasteiger partial charge < -0.3 is 5.73 Å². The number of nitrogens with zero attached hydrogens (tertiary/aromatic N) is 2. The maximum Gasteiger partial charge on any atom is 0.0625 e. The summed E-state index contributed by atoms with van der Waals surface area (Å²) >= 11 is 1.87. The van der Waals surface area contributed by atoms with Crippen LogP contribution in [0.3, 0.4) is 0 Å². The highest BCUT2D eigenvalue weighted by molar-refractivity contribution is 7.99. The number of nitrogens with two attached hydrogens (primary N) is 1. The van der Waals surface area contributed by atoms with E-state index in [1.165, 1.54) is 23.5 Å². The molecule has 0 aliphatic heterocycles. The second-order valence-corrected chi connectivity index (χ2v) is 4.22. The minimum absolute atomic E-state index is 0.817. The molecule has 0 aliphatic carbocycles. The normalized spacial score (nSPS) is 10.6. The van der Waals surface area contributed by atoms with E-state index in [-0.39, 0.29) is 0 Å². The summed E-state index contributed by atoms with van der Waals surface area (Å²) in [6, 6.07) is 0. The van der Waals surface area contributed by atoms with Crippen LogP contribution in [0, 0.1) is 0 Å². The molecule has 0 aliphatic rings. The largest absolute Gasteiger partial charge is 0.330 e. The molecule has 2 N–H and O–H groups in total. The van der Waals surface area contributed by atoms with E-state index in [1.54, 1.807) is 0 Å². The summed E-state index contributed by atoms with van der Waals surface area (Å²) in [5, 5.41) is 4.11. The third-order valence-electron chi connectivity index (χ3n) is 1.80. The van der Waals surface area contributed by atoms with Crippen LogP contribution in [0.15, 0.2) is 17.3 Å². The van der Waals surface area contributed by atoms with E-state index in [1.807, 2.05) is 35.9 Å². The molecular weight excluding hydrogens is 182 g/mol. The van der Waals surface area contributed by atoms with Gasteiger partial charge in [0, 0.05) is 18.1 Å². The first-order valence-corrected chi connectivity index (χ1v) is 5.63. The molecule has 0 radical (unpaired) electrons. The smallest absolute Gasteiger partial charge is 0.0625 e. The summed E-state index contributed by atoms with van der Waals surface area (Å²) in [6.45, 7) is 0.817. The van der Waals surface area contributed by atoms with Crippen LogP contribution in [-0.2, 0) is 7.05 Å². The van der Waals surface area contributed by atoms with Gasteiger partial charge in [-0.25, -0.2) is 0 Å². The van der Waals surface area contributed by atoms with Gasteiger partial charge in [-0.05, 0) is 25.1 Å². The SMILES string of the molecule is Cn1cc(SCCCCCN)cn1. The Hall–Kier alpha value is -0.480. The lowest BCUT2D eigenvalue weighted by Crippen LogP contribution is -1.97. The lowest BCUT2D eigenvalue weighted by molar-refractivity contribution is 0.732. The molecule has 0 aromatic carbocycles. The standard InChI is InChI=1S/C9H17N3S/c1-12-8-9(7-11-12)13-6-4-2-3-5-10/h7-8H,2-6,10H2,1H3. The van der Waals surface area contributed by atoms with Gasteiger partial charge in [-0.15, -0.1) is 11.8 Å². The first-order chi connectivity index (χ1) is 6.33. The third-order valence-corrected chi connectivity index (χ3v) is 2.84. The molecule has 13 heavy (non-hydrogen) atoms. The summed E-state index contributed by atoms with van der Waals surface area (Å²) in [4.78, 5) is 1.26. The van der Waals surface area contributed by atoms with Crippen molar-refractivity contribution in [2.45, 2.75) is 24.2 Å². The minimum Gasteiger partial charge on any atom is -0.330 e. The highest BCUT2D eigenvalue weighted by Crippen LogP contribution is 2.17. The second-order valence-electron chi connectivity index (χ2n) is 3.05. The van der Waals surface area contributed by atoms with Crippen LogP contribution >= 0.6 is 11.8 Å². The van der Waals surface area contributed by atoms with Crippen LogP contribution in [0.25, 0.3) is 0 Å². The Morgan fingerprint density at radius 1 is 1.46 bits per heavy atom. The van der Waals surface area contributed by atoms with E-state index in [4.69, 9.17) is 5.73 Å². The quantitative estimate of drug-likeness (QED) is 0.559. The monoisotopic (exact) mass is 199 g/mol. The fourth-order valence-corrected chi connectivity index (χ4v) is 2.02. The maximum atomic E-state index is 5.41. The predicted octanol–water partition coefficient (Wildman–Crippen LogP) is 1.64. The van der Waals surface area contributed by atoms with Crippen molar-refractivity contribution in [2.75, 3.05) is 12.3 Å². The van der Waals surface area contributed by atoms with Crippen LogP contribution in [-0.4, -0.2) is 22.1 Å². The van der Waals surface area contributed by atoms with Gasteiger partial charge in [0.2, 0.25) is 0 Å². The first kappa shape index (κ1) is 10.6. The van der Waals surface area contributed by atoms with Crippen LogP contribution in [0.4, 0.5) is 0 Å². The molecule has 0 unspecified atom stereocenters. The lowest BCUT2D eigenvalue weighted by atomic mass is 10.2. The van der Waals surface area contributed by atoms with Gasteiger partial charge >= 0.3 is 0 Å². The molecule has 3 nitrogen and oxygen atoms in total. The van der Waals surface area contributed by atoms with E-state index in [9.17, 15) is 0 Å². The van der Waals surface area contributed by atoms with Gasteiger partial charge in [-0.3, -0.25) is 4.68 Å². The third kappa shape index (κ3) is 4.33. The average molecular weight is 199 g/mol. The fourth-order valence-electron chi connectivity index (χ4n) is 1.09. The number of thioether (sulfide) groups is 1. The van der Waals surface area contributed by atoms with Gasteiger partial charge in [0.15, 0.2) is 0 Å². The van der Waals surface area contributed by atoms with Crippen molar-refractivity contribution in [1.29, 1.82) is 0 Å². The Labute approximate surface area is 83.7 Å². The first-order valence-electron chi connectivity index (χ1n) is 4.64. The molecule has 0 amide bonds. The Balaban J connectivity index is 2.06. The second kappa shape index (κ2) is 6.05. The van der Waals surface area contributed by atoms with Crippen molar-refractivity contribution in [2.24, 2.45) is 12.8 Å². The zero-order valence-corrected chi connectivity index (χ0v) is 8.89. The van der Waals surface area contributed by atoms with E-state index >= 15 is 0 Å².